The Bertz CT molecular complexity index is 558. The van der Waals surface area contributed by atoms with Gasteiger partial charge in [0.25, 0.3) is 0 Å². The van der Waals surface area contributed by atoms with Gasteiger partial charge in [0, 0.05) is 0 Å². The third-order valence-electron chi connectivity index (χ3n) is 2.42. The molecule has 0 aliphatic rings. The zero-order valence-electron chi connectivity index (χ0n) is 17.2. The second-order valence-electron chi connectivity index (χ2n) is 6.36. The molecule has 149 valence electrons. The van der Waals surface area contributed by atoms with Crippen molar-refractivity contribution in [2.24, 2.45) is 0 Å². The molecule has 0 nitrogen and oxygen atoms in total. The van der Waals surface area contributed by atoms with Crippen LogP contribution in [-0.2, 0) is 17.3 Å². The van der Waals surface area contributed by atoms with Crippen LogP contribution in [-0.4, -0.2) is 40.0 Å². The monoisotopic (exact) mass is 508 g/mol. The van der Waals surface area contributed by atoms with Crippen LogP contribution in [0.25, 0.3) is 5.57 Å². The summed E-state index contributed by atoms with van der Waals surface area (Å²) in [7, 11) is 5.29. The topological polar surface area (TPSA) is 0 Å². The van der Waals surface area contributed by atoms with Crippen molar-refractivity contribution in [3.05, 3.63) is 97.6 Å². The van der Waals surface area contributed by atoms with E-state index in [-0.39, 0.29) is 0 Å². The first kappa shape index (κ1) is 29.2. The Morgan fingerprint density at radius 3 is 1.56 bits per heavy atom. The van der Waals surface area contributed by atoms with Gasteiger partial charge in [0.15, 0.2) is 0 Å². The van der Waals surface area contributed by atoms with Crippen LogP contribution in [0.4, 0.5) is 0 Å². The molecule has 0 aromatic heterocycles. The van der Waals surface area contributed by atoms with E-state index in [0.29, 0.717) is 15.8 Å². The van der Waals surface area contributed by atoms with Crippen LogP contribution in [0.15, 0.2) is 60.7 Å². The quantitative estimate of drug-likeness (QED) is 0.173. The Labute approximate surface area is 185 Å². The van der Waals surface area contributed by atoms with Crippen molar-refractivity contribution >= 4 is 31.1 Å². The van der Waals surface area contributed by atoms with Crippen molar-refractivity contribution in [2.75, 3.05) is 40.0 Å². The summed E-state index contributed by atoms with van der Waals surface area (Å²) in [6.07, 6.45) is 7.15. The van der Waals surface area contributed by atoms with Gasteiger partial charge in [-0.25, -0.2) is 0 Å². The molecule has 0 spiro atoms. The fourth-order valence-electron chi connectivity index (χ4n) is 1.62. The fourth-order valence-corrected chi connectivity index (χ4v) is 1.62. The molecule has 0 atom stereocenters. The standard InChI is InChI=1S/C17H14.2C3H9P.ClH.Rh/c1-2-9-17(16-12-7-4-8-13-16)14-15-10-5-3-6-11-15;2*1-4(2)3;;/h2-13H,1H2;2*1-3H3;1H;/q-1;;;;+3/p-1. The summed E-state index contributed by atoms with van der Waals surface area (Å²) >= 11 is 2.02. The predicted octanol–water partition coefficient (Wildman–Crippen LogP) is 7.57. The van der Waals surface area contributed by atoms with Gasteiger partial charge in [-0.05, 0) is 59.8 Å². The molecule has 0 aliphatic carbocycles. The van der Waals surface area contributed by atoms with Crippen molar-refractivity contribution in [1.29, 1.82) is 0 Å². The molecule has 0 unspecified atom stereocenters. The summed E-state index contributed by atoms with van der Waals surface area (Å²) in [5.74, 6) is 0. The third kappa shape index (κ3) is 20.5. The molecule has 27 heavy (non-hydrogen) atoms. The summed E-state index contributed by atoms with van der Waals surface area (Å²) in [4.78, 5) is 0. The fraction of sp³-hybridized carbons (Fsp3) is 0.261. The van der Waals surface area contributed by atoms with Crippen LogP contribution >= 0.6 is 25.5 Å². The second-order valence-corrected chi connectivity index (χ2v) is 11.7. The van der Waals surface area contributed by atoms with Crippen LogP contribution in [0, 0.1) is 25.8 Å². The summed E-state index contributed by atoms with van der Waals surface area (Å²) in [5, 5.41) is 0. The summed E-state index contributed by atoms with van der Waals surface area (Å²) < 4.78 is 0. The molecule has 0 saturated heterocycles. The van der Waals surface area contributed by atoms with Gasteiger partial charge in [-0.3, -0.25) is 0 Å². The molecular weight excluding hydrogens is 477 g/mol. The Balaban J connectivity index is 0. The number of hydrogen-bond acceptors (Lipinski definition) is 0. The van der Waals surface area contributed by atoms with E-state index in [9.17, 15) is 0 Å². The molecule has 0 N–H and O–H groups in total. The van der Waals surface area contributed by atoms with Crippen LogP contribution in [0.3, 0.4) is 0 Å². The average Bonchev–Trinajstić information content (AvgIpc) is 2.64. The maximum atomic E-state index is 4.53. The molecule has 0 bridgehead atoms. The van der Waals surface area contributed by atoms with Gasteiger partial charge < -0.3 is 0 Å². The van der Waals surface area contributed by atoms with Gasteiger partial charge in [-0.15, -0.1) is 57.3 Å². The SMILES string of the molecule is CP(C)C.CP(C)C.[CH2][CH][CH]C(=[C-]c1ccccc1)c1ccccc1.[Cl][Rh+2]. The average molecular weight is 509 g/mol. The van der Waals surface area contributed by atoms with Crippen molar-refractivity contribution in [1.82, 2.24) is 0 Å². The summed E-state index contributed by atoms with van der Waals surface area (Å²) in [6.45, 7) is 17.1. The second kappa shape index (κ2) is 20.7. The van der Waals surface area contributed by atoms with Gasteiger partial charge in [0.05, 0.1) is 0 Å². The molecule has 0 heterocycles. The van der Waals surface area contributed by atoms with E-state index in [1.54, 1.807) is 6.42 Å². The van der Waals surface area contributed by atoms with E-state index in [2.05, 4.69) is 74.8 Å². The van der Waals surface area contributed by atoms with Crippen LogP contribution in [0.2, 0.25) is 0 Å². The van der Waals surface area contributed by atoms with Crippen LogP contribution in [0.5, 0.6) is 0 Å². The number of hydrogen-bond donors (Lipinski definition) is 0. The predicted molar refractivity (Wildman–Crippen MR) is 128 cm³/mol. The van der Waals surface area contributed by atoms with Gasteiger partial charge in [-0.2, -0.15) is 0 Å². The minimum absolute atomic E-state index is 0.380. The molecule has 0 fully saturated rings. The molecule has 2 aromatic carbocycles. The molecule has 0 amide bonds. The summed E-state index contributed by atoms with van der Waals surface area (Å²) in [5.41, 5.74) is 3.27. The molecule has 4 heteroatoms. The molecule has 2 aromatic rings. The van der Waals surface area contributed by atoms with E-state index in [1.807, 2.05) is 72.3 Å². The van der Waals surface area contributed by atoms with E-state index in [0.717, 1.165) is 16.7 Å². The first-order valence-electron chi connectivity index (χ1n) is 8.41. The molecule has 3 radical (unpaired) electrons. The van der Waals surface area contributed by atoms with E-state index in [4.69, 9.17) is 0 Å². The number of allylic oxidation sites excluding steroid dienone is 1. The van der Waals surface area contributed by atoms with E-state index >= 15 is 0 Å². The van der Waals surface area contributed by atoms with Crippen molar-refractivity contribution in [3.63, 3.8) is 0 Å². The Kier molecular flexibility index (Phi) is 22.3. The van der Waals surface area contributed by atoms with Gasteiger partial charge in [-0.1, -0.05) is 42.0 Å². The third-order valence-corrected chi connectivity index (χ3v) is 2.42. The van der Waals surface area contributed by atoms with Crippen molar-refractivity contribution in [2.45, 2.75) is 0 Å². The first-order valence-corrected chi connectivity index (χ1v) is 15.9. The van der Waals surface area contributed by atoms with E-state index < -0.39 is 0 Å². The maximum absolute atomic E-state index is 4.53. The van der Waals surface area contributed by atoms with Crippen LogP contribution in [0.1, 0.15) is 11.1 Å². The minimum atomic E-state index is 0.380. The number of benzene rings is 2. The zero-order chi connectivity index (χ0) is 21.1. The summed E-state index contributed by atoms with van der Waals surface area (Å²) in [6, 6.07) is 20.3. The number of halogens is 1. The zero-order valence-corrected chi connectivity index (χ0v) is 21.4. The van der Waals surface area contributed by atoms with Gasteiger partial charge >= 0.3 is 27.0 Å². The van der Waals surface area contributed by atoms with Gasteiger partial charge in [0.1, 0.15) is 0 Å². The molecule has 0 saturated carbocycles. The Hall–Kier alpha value is -0.0466. The van der Waals surface area contributed by atoms with Crippen molar-refractivity contribution < 1.29 is 17.3 Å². The molecule has 2 rings (SSSR count). The molecular formula is C23H32ClP2Rh+. The normalized spacial score (nSPS) is 10.1. The van der Waals surface area contributed by atoms with Crippen molar-refractivity contribution in [3.8, 4) is 0 Å². The molecule has 0 aliphatic heterocycles. The van der Waals surface area contributed by atoms with Gasteiger partial charge in [0.2, 0.25) is 0 Å². The number of rotatable bonds is 4. The van der Waals surface area contributed by atoms with E-state index in [1.165, 1.54) is 0 Å². The first-order chi connectivity index (χ1) is 12.9. The van der Waals surface area contributed by atoms with Crippen LogP contribution < -0.4 is 0 Å². The Morgan fingerprint density at radius 2 is 1.19 bits per heavy atom. The Morgan fingerprint density at radius 1 is 0.815 bits per heavy atom.